The fourth-order valence-corrected chi connectivity index (χ4v) is 5.90. The quantitative estimate of drug-likeness (QED) is 0.734. The summed E-state index contributed by atoms with van der Waals surface area (Å²) >= 11 is 0. The second-order valence-corrected chi connectivity index (χ2v) is 9.66. The maximum atomic E-state index is 12.9. The molecule has 3 heterocycles. The minimum Gasteiger partial charge on any atom is -0.381 e. The van der Waals surface area contributed by atoms with Gasteiger partial charge in [-0.3, -0.25) is 4.79 Å². The van der Waals surface area contributed by atoms with Crippen molar-refractivity contribution in [1.82, 2.24) is 9.80 Å². The van der Waals surface area contributed by atoms with Gasteiger partial charge < -0.3 is 14.5 Å². The number of rotatable bonds is 3. The van der Waals surface area contributed by atoms with E-state index in [1.165, 1.54) is 5.56 Å². The zero-order valence-corrected chi connectivity index (χ0v) is 18.5. The number of aryl methyl sites for hydroxylation is 1. The Labute approximate surface area is 178 Å². The molecule has 0 saturated carbocycles. The Morgan fingerprint density at radius 2 is 1.93 bits per heavy atom. The molecule has 0 bridgehead atoms. The van der Waals surface area contributed by atoms with E-state index in [9.17, 15) is 13.2 Å². The van der Waals surface area contributed by atoms with Gasteiger partial charge in [-0.25, -0.2) is 0 Å². The number of amides is 1. The summed E-state index contributed by atoms with van der Waals surface area (Å²) in [5.41, 5.74) is 2.53. The molecule has 2 saturated heterocycles. The average molecular weight is 432 g/mol. The van der Waals surface area contributed by atoms with Crippen LogP contribution in [-0.4, -0.2) is 69.4 Å². The monoisotopic (exact) mass is 431 g/mol. The van der Waals surface area contributed by atoms with Gasteiger partial charge in [0.25, 0.3) is 10.0 Å². The topological polar surface area (TPSA) is 79.3 Å². The van der Waals surface area contributed by atoms with Crippen LogP contribution in [0.5, 0.6) is 0 Å². The van der Waals surface area contributed by atoms with Gasteiger partial charge in [0.05, 0.1) is 12.5 Å². The Balaban J connectivity index is 1.53. The molecule has 7 nitrogen and oxygen atoms in total. The van der Waals surface area contributed by atoms with Crippen LogP contribution < -0.4 is 0 Å². The zero-order chi connectivity index (χ0) is 21.3. The van der Waals surface area contributed by atoms with E-state index in [-0.39, 0.29) is 11.8 Å². The molecular weight excluding hydrogens is 402 g/mol. The normalized spacial score (nSPS) is 24.2. The van der Waals surface area contributed by atoms with E-state index in [0.717, 1.165) is 19.3 Å². The number of hydrogen-bond donors (Lipinski definition) is 0. The Morgan fingerprint density at radius 3 is 2.60 bits per heavy atom. The zero-order valence-electron chi connectivity index (χ0n) is 17.6. The van der Waals surface area contributed by atoms with Crippen molar-refractivity contribution in [2.75, 3.05) is 39.4 Å². The van der Waals surface area contributed by atoms with Gasteiger partial charge in [0, 0.05) is 38.4 Å². The fraction of sp³-hybridized carbons (Fsp3) is 0.545. The minimum absolute atomic E-state index is 0.0416. The SMILES string of the molecule is CCc1ccc(C2=C(C)C(N3CCCN(C(=O)[C@H]4CCOC4)CC3)=NS2(=O)=O)cc1. The molecule has 4 rings (SSSR count). The third kappa shape index (κ3) is 4.03. The molecule has 162 valence electrons. The molecule has 3 aliphatic heterocycles. The Bertz CT molecular complexity index is 976. The molecule has 0 aromatic heterocycles. The maximum Gasteiger partial charge on any atom is 0.285 e. The van der Waals surface area contributed by atoms with E-state index in [0.29, 0.717) is 61.3 Å². The van der Waals surface area contributed by atoms with Crippen molar-refractivity contribution in [3.05, 3.63) is 41.0 Å². The molecule has 0 unspecified atom stereocenters. The number of nitrogens with zero attached hydrogens (tertiary/aromatic N) is 3. The molecule has 1 atom stereocenters. The molecule has 0 N–H and O–H groups in total. The minimum atomic E-state index is -3.73. The molecule has 3 aliphatic rings. The summed E-state index contributed by atoms with van der Waals surface area (Å²) in [5, 5.41) is 0. The predicted molar refractivity (Wildman–Crippen MR) is 116 cm³/mol. The Kier molecular flexibility index (Phi) is 5.97. The van der Waals surface area contributed by atoms with Gasteiger partial charge in [-0.2, -0.15) is 8.42 Å². The van der Waals surface area contributed by atoms with Crippen LogP contribution in [0.4, 0.5) is 0 Å². The van der Waals surface area contributed by atoms with Crippen molar-refractivity contribution in [1.29, 1.82) is 0 Å². The smallest absolute Gasteiger partial charge is 0.285 e. The summed E-state index contributed by atoms with van der Waals surface area (Å²) in [6.07, 6.45) is 2.47. The van der Waals surface area contributed by atoms with Gasteiger partial charge in [-0.1, -0.05) is 31.2 Å². The lowest BCUT2D eigenvalue weighted by molar-refractivity contribution is -0.135. The summed E-state index contributed by atoms with van der Waals surface area (Å²) in [5.74, 6) is 0.627. The summed E-state index contributed by atoms with van der Waals surface area (Å²) in [6.45, 7) is 7.56. The van der Waals surface area contributed by atoms with Crippen LogP contribution in [0.15, 0.2) is 34.2 Å². The van der Waals surface area contributed by atoms with E-state index in [1.54, 1.807) is 0 Å². The number of hydrogen-bond acceptors (Lipinski definition) is 5. The lowest BCUT2D eigenvalue weighted by Gasteiger charge is -2.25. The highest BCUT2D eigenvalue weighted by atomic mass is 32.2. The molecular formula is C22H29N3O4S. The Morgan fingerprint density at radius 1 is 1.17 bits per heavy atom. The summed E-state index contributed by atoms with van der Waals surface area (Å²) in [6, 6.07) is 7.65. The number of sulfonamides is 1. The van der Waals surface area contributed by atoms with E-state index < -0.39 is 10.0 Å². The molecule has 30 heavy (non-hydrogen) atoms. The first kappa shape index (κ1) is 21.1. The number of ether oxygens (including phenoxy) is 1. The van der Waals surface area contributed by atoms with Crippen molar-refractivity contribution < 1.29 is 17.9 Å². The molecule has 1 amide bonds. The lowest BCUT2D eigenvalue weighted by atomic mass is 10.1. The van der Waals surface area contributed by atoms with Crippen molar-refractivity contribution in [3.8, 4) is 0 Å². The van der Waals surface area contributed by atoms with Crippen molar-refractivity contribution in [2.45, 2.75) is 33.1 Å². The molecule has 8 heteroatoms. The van der Waals surface area contributed by atoms with Crippen LogP contribution in [0.1, 0.15) is 37.8 Å². The highest BCUT2D eigenvalue weighted by Gasteiger charge is 2.35. The molecule has 0 spiro atoms. The van der Waals surface area contributed by atoms with Gasteiger partial charge in [0.2, 0.25) is 5.91 Å². The third-order valence-corrected chi connectivity index (χ3v) is 7.62. The number of benzene rings is 1. The van der Waals surface area contributed by atoms with Crippen molar-refractivity contribution >= 4 is 26.7 Å². The average Bonchev–Trinajstić information content (AvgIpc) is 3.26. The standard InChI is InChI=1S/C22H29N3O4S/c1-3-17-5-7-18(8-6-17)20-16(2)21(23-30(20,27)28)24-10-4-11-25(13-12-24)22(26)19-9-14-29-15-19/h5-8,19H,3-4,9-15H2,1-2H3/t19-/m0/s1. The van der Waals surface area contributed by atoms with Crippen LogP contribution in [0, 0.1) is 5.92 Å². The van der Waals surface area contributed by atoms with Gasteiger partial charge >= 0.3 is 0 Å². The summed E-state index contributed by atoms with van der Waals surface area (Å²) in [4.78, 5) is 16.9. The van der Waals surface area contributed by atoms with Crippen molar-refractivity contribution in [3.63, 3.8) is 0 Å². The van der Waals surface area contributed by atoms with Crippen LogP contribution in [0.3, 0.4) is 0 Å². The van der Waals surface area contributed by atoms with Crippen LogP contribution in [-0.2, 0) is 26.0 Å². The third-order valence-electron chi connectivity index (χ3n) is 6.15. The van der Waals surface area contributed by atoms with Crippen molar-refractivity contribution in [2.24, 2.45) is 10.3 Å². The maximum absolute atomic E-state index is 12.9. The first-order valence-electron chi connectivity index (χ1n) is 10.7. The Hall–Kier alpha value is -2.19. The lowest BCUT2D eigenvalue weighted by Crippen LogP contribution is -2.40. The van der Waals surface area contributed by atoms with Gasteiger partial charge in [-0.05, 0) is 37.3 Å². The molecule has 0 radical (unpaired) electrons. The first-order valence-corrected chi connectivity index (χ1v) is 12.1. The van der Waals surface area contributed by atoms with E-state index in [1.807, 2.05) is 41.0 Å². The second kappa shape index (κ2) is 8.51. The molecule has 1 aromatic carbocycles. The predicted octanol–water partition coefficient (Wildman–Crippen LogP) is 2.29. The second-order valence-electron chi connectivity index (χ2n) is 8.12. The van der Waals surface area contributed by atoms with E-state index in [4.69, 9.17) is 4.74 Å². The van der Waals surface area contributed by atoms with E-state index >= 15 is 0 Å². The molecule has 0 aliphatic carbocycles. The first-order chi connectivity index (χ1) is 14.4. The molecule has 1 aromatic rings. The highest BCUT2D eigenvalue weighted by molar-refractivity contribution is 8.00. The summed E-state index contributed by atoms with van der Waals surface area (Å²) < 4.78 is 35.2. The fourth-order valence-electron chi connectivity index (χ4n) is 4.41. The highest BCUT2D eigenvalue weighted by Crippen LogP contribution is 2.34. The van der Waals surface area contributed by atoms with Gasteiger partial charge in [0.1, 0.15) is 10.7 Å². The van der Waals surface area contributed by atoms with Crippen LogP contribution in [0.2, 0.25) is 0 Å². The largest absolute Gasteiger partial charge is 0.381 e. The van der Waals surface area contributed by atoms with Crippen LogP contribution >= 0.6 is 0 Å². The van der Waals surface area contributed by atoms with Gasteiger partial charge in [-0.15, -0.1) is 4.40 Å². The van der Waals surface area contributed by atoms with Crippen LogP contribution in [0.25, 0.3) is 4.91 Å². The number of amidine groups is 1. The van der Waals surface area contributed by atoms with Gasteiger partial charge in [0.15, 0.2) is 0 Å². The van der Waals surface area contributed by atoms with E-state index in [2.05, 4.69) is 11.3 Å². The number of carbonyl (C=O) groups excluding carboxylic acids is 1. The summed E-state index contributed by atoms with van der Waals surface area (Å²) in [7, 11) is -3.73. The molecule has 2 fully saturated rings. The number of carbonyl (C=O) groups is 1.